The van der Waals surface area contributed by atoms with Gasteiger partial charge in [-0.1, -0.05) is 35.0 Å². The first-order chi connectivity index (χ1) is 11.1. The molecule has 0 radical (unpaired) electrons. The number of benzene rings is 1. The number of rotatable bonds is 4. The maximum atomic E-state index is 12.3. The van der Waals surface area contributed by atoms with Gasteiger partial charge in [-0.15, -0.1) is 5.10 Å². The Bertz CT molecular complexity index is 698. The monoisotopic (exact) mass is 313 g/mol. The molecule has 1 saturated heterocycles. The zero-order valence-electron chi connectivity index (χ0n) is 13.1. The Morgan fingerprint density at radius 3 is 2.87 bits per heavy atom. The van der Waals surface area contributed by atoms with Gasteiger partial charge in [0.05, 0.1) is 12.7 Å². The lowest BCUT2D eigenvalue weighted by molar-refractivity contribution is -0.146. The third-order valence-corrected chi connectivity index (χ3v) is 3.90. The highest BCUT2D eigenvalue weighted by Gasteiger charge is 2.27. The molecule has 1 aliphatic rings. The molecule has 0 bridgehead atoms. The number of nitrogens with zero attached hydrogens (tertiary/aromatic N) is 5. The number of amides is 2. The first kappa shape index (κ1) is 15.2. The van der Waals surface area contributed by atoms with E-state index in [9.17, 15) is 9.59 Å². The minimum absolute atomic E-state index is 0.0234. The van der Waals surface area contributed by atoms with Gasteiger partial charge in [-0.25, -0.2) is 4.68 Å². The Morgan fingerprint density at radius 1 is 1.30 bits per heavy atom. The molecule has 0 unspecified atom stereocenters. The fourth-order valence-corrected chi connectivity index (χ4v) is 2.68. The molecule has 7 nitrogen and oxygen atoms in total. The van der Waals surface area contributed by atoms with E-state index in [1.165, 1.54) is 16.4 Å². The van der Waals surface area contributed by atoms with Gasteiger partial charge in [0.25, 0.3) is 0 Å². The van der Waals surface area contributed by atoms with Gasteiger partial charge >= 0.3 is 0 Å². The number of hydrogen-bond donors (Lipinski definition) is 0. The van der Waals surface area contributed by atoms with Crippen molar-refractivity contribution in [3.63, 3.8) is 0 Å². The second-order valence-electron chi connectivity index (χ2n) is 5.72. The van der Waals surface area contributed by atoms with Crippen LogP contribution in [-0.4, -0.2) is 56.2 Å². The smallest absolute Gasteiger partial charge is 0.244 e. The summed E-state index contributed by atoms with van der Waals surface area (Å²) in [5.74, 6) is -0.135. The van der Waals surface area contributed by atoms with Crippen LogP contribution in [0.1, 0.15) is 11.1 Å². The average Bonchev–Trinajstić information content (AvgIpc) is 3.02. The SMILES string of the molecule is Cc1cccc(CN2CCN(C(=O)Cn3ccnn3)CC2=O)c1. The highest BCUT2D eigenvalue weighted by Crippen LogP contribution is 2.11. The predicted octanol–water partition coefficient (Wildman–Crippen LogP) is 0.458. The number of carbonyl (C=O) groups is 2. The van der Waals surface area contributed by atoms with Gasteiger partial charge in [-0.3, -0.25) is 9.59 Å². The molecule has 120 valence electrons. The molecule has 1 fully saturated rings. The molecule has 7 heteroatoms. The van der Waals surface area contributed by atoms with Crippen molar-refractivity contribution in [1.29, 1.82) is 0 Å². The van der Waals surface area contributed by atoms with Crippen LogP contribution in [0.25, 0.3) is 0 Å². The fraction of sp³-hybridized carbons (Fsp3) is 0.375. The summed E-state index contributed by atoms with van der Waals surface area (Å²) < 4.78 is 1.46. The van der Waals surface area contributed by atoms with E-state index in [0.29, 0.717) is 19.6 Å². The zero-order chi connectivity index (χ0) is 16.2. The Balaban J connectivity index is 1.57. The normalized spacial score (nSPS) is 15.1. The third kappa shape index (κ3) is 3.74. The molecule has 2 amide bonds. The van der Waals surface area contributed by atoms with Gasteiger partial charge in [0.2, 0.25) is 11.8 Å². The van der Waals surface area contributed by atoms with E-state index in [1.54, 1.807) is 16.0 Å². The zero-order valence-corrected chi connectivity index (χ0v) is 13.1. The van der Waals surface area contributed by atoms with Crippen LogP contribution in [0.4, 0.5) is 0 Å². The van der Waals surface area contributed by atoms with Crippen molar-refractivity contribution < 1.29 is 9.59 Å². The van der Waals surface area contributed by atoms with Crippen molar-refractivity contribution in [2.75, 3.05) is 19.6 Å². The van der Waals surface area contributed by atoms with Gasteiger partial charge in [0, 0.05) is 25.8 Å². The maximum Gasteiger partial charge on any atom is 0.244 e. The molecule has 23 heavy (non-hydrogen) atoms. The third-order valence-electron chi connectivity index (χ3n) is 3.90. The molecule has 0 spiro atoms. The summed E-state index contributed by atoms with van der Waals surface area (Å²) in [4.78, 5) is 27.9. The second-order valence-corrected chi connectivity index (χ2v) is 5.72. The Kier molecular flexibility index (Phi) is 4.36. The van der Waals surface area contributed by atoms with Crippen molar-refractivity contribution in [2.24, 2.45) is 0 Å². The quantitative estimate of drug-likeness (QED) is 0.822. The summed E-state index contributed by atoms with van der Waals surface area (Å²) in [6.45, 7) is 3.96. The summed E-state index contributed by atoms with van der Waals surface area (Å²) in [5, 5.41) is 7.44. The largest absolute Gasteiger partial charge is 0.335 e. The lowest BCUT2D eigenvalue weighted by atomic mass is 10.1. The summed E-state index contributed by atoms with van der Waals surface area (Å²) in [6, 6.07) is 8.12. The highest BCUT2D eigenvalue weighted by molar-refractivity contribution is 5.85. The minimum atomic E-state index is -0.112. The molecular formula is C16H19N5O2. The van der Waals surface area contributed by atoms with Crippen LogP contribution in [0.3, 0.4) is 0 Å². The lowest BCUT2D eigenvalue weighted by Crippen LogP contribution is -2.52. The number of carbonyl (C=O) groups excluding carboxylic acids is 2. The number of aryl methyl sites for hydroxylation is 1. The van der Waals surface area contributed by atoms with Crippen LogP contribution >= 0.6 is 0 Å². The molecule has 1 aliphatic heterocycles. The van der Waals surface area contributed by atoms with E-state index >= 15 is 0 Å². The van der Waals surface area contributed by atoms with Crippen LogP contribution in [-0.2, 0) is 22.7 Å². The summed E-state index contributed by atoms with van der Waals surface area (Å²) in [7, 11) is 0. The molecule has 2 heterocycles. The molecule has 0 atom stereocenters. The molecule has 1 aromatic heterocycles. The predicted molar refractivity (Wildman–Crippen MR) is 83.2 cm³/mol. The number of aromatic nitrogens is 3. The number of hydrogen-bond acceptors (Lipinski definition) is 4. The van der Waals surface area contributed by atoms with Crippen LogP contribution in [0.5, 0.6) is 0 Å². The Hall–Kier alpha value is -2.70. The molecule has 0 N–H and O–H groups in total. The summed E-state index contributed by atoms with van der Waals surface area (Å²) >= 11 is 0. The first-order valence-electron chi connectivity index (χ1n) is 7.57. The van der Waals surface area contributed by atoms with Gasteiger partial charge in [-0.2, -0.15) is 0 Å². The molecule has 0 aliphatic carbocycles. The van der Waals surface area contributed by atoms with E-state index in [1.807, 2.05) is 25.1 Å². The van der Waals surface area contributed by atoms with E-state index in [4.69, 9.17) is 0 Å². The molecule has 0 saturated carbocycles. The van der Waals surface area contributed by atoms with Crippen LogP contribution in [0.15, 0.2) is 36.7 Å². The molecule has 2 aromatic rings. The Labute approximate surface area is 134 Å². The average molecular weight is 313 g/mol. The lowest BCUT2D eigenvalue weighted by Gasteiger charge is -2.34. The van der Waals surface area contributed by atoms with Crippen molar-refractivity contribution in [2.45, 2.75) is 20.0 Å². The number of piperazine rings is 1. The molecular weight excluding hydrogens is 294 g/mol. The molecule has 1 aromatic carbocycles. The highest BCUT2D eigenvalue weighted by atomic mass is 16.2. The van der Waals surface area contributed by atoms with Crippen LogP contribution < -0.4 is 0 Å². The van der Waals surface area contributed by atoms with Gasteiger partial charge in [-0.05, 0) is 12.5 Å². The van der Waals surface area contributed by atoms with Crippen molar-refractivity contribution >= 4 is 11.8 Å². The fourth-order valence-electron chi connectivity index (χ4n) is 2.68. The van der Waals surface area contributed by atoms with Crippen molar-refractivity contribution in [1.82, 2.24) is 24.8 Å². The van der Waals surface area contributed by atoms with Gasteiger partial charge in [0.15, 0.2) is 0 Å². The van der Waals surface area contributed by atoms with Gasteiger partial charge in [0.1, 0.15) is 6.54 Å². The van der Waals surface area contributed by atoms with Gasteiger partial charge < -0.3 is 9.80 Å². The first-order valence-corrected chi connectivity index (χ1v) is 7.57. The maximum absolute atomic E-state index is 12.3. The van der Waals surface area contributed by atoms with Crippen LogP contribution in [0.2, 0.25) is 0 Å². The van der Waals surface area contributed by atoms with Crippen molar-refractivity contribution in [3.05, 3.63) is 47.8 Å². The van der Waals surface area contributed by atoms with Crippen molar-refractivity contribution in [3.8, 4) is 0 Å². The van der Waals surface area contributed by atoms with E-state index < -0.39 is 0 Å². The Morgan fingerprint density at radius 2 is 2.17 bits per heavy atom. The topological polar surface area (TPSA) is 71.3 Å². The van der Waals surface area contributed by atoms with E-state index in [0.717, 1.165) is 5.56 Å². The standard InChI is InChI=1S/C16H19N5O2/c1-13-3-2-4-14(9-13)10-19-7-8-20(11-15(19)22)16(23)12-21-6-5-17-18-21/h2-6,9H,7-8,10-12H2,1H3. The molecule has 3 rings (SSSR count). The summed E-state index contributed by atoms with van der Waals surface area (Å²) in [5.41, 5.74) is 2.29. The minimum Gasteiger partial charge on any atom is -0.335 e. The summed E-state index contributed by atoms with van der Waals surface area (Å²) in [6.07, 6.45) is 3.16. The second kappa shape index (κ2) is 6.60. The van der Waals surface area contributed by atoms with E-state index in [-0.39, 0.29) is 24.9 Å². The van der Waals surface area contributed by atoms with E-state index in [2.05, 4.69) is 16.4 Å². The van der Waals surface area contributed by atoms with Crippen LogP contribution in [0, 0.1) is 6.92 Å².